The number of alkyl halides is 3. The Kier molecular flexibility index (Phi) is 5.49. The molecule has 0 aromatic heterocycles. The first-order chi connectivity index (χ1) is 14.9. The van der Waals surface area contributed by atoms with Crippen LogP contribution < -0.4 is 0 Å². The first kappa shape index (κ1) is 22.6. The molecule has 0 spiro atoms. The van der Waals surface area contributed by atoms with Gasteiger partial charge in [-0.25, -0.2) is 0 Å². The molecule has 3 aromatic carbocycles. The summed E-state index contributed by atoms with van der Waals surface area (Å²) in [6.07, 6.45) is -0.374. The largest absolute Gasteiger partial charge is 0.416 e. The summed E-state index contributed by atoms with van der Waals surface area (Å²) in [4.78, 5) is 0. The van der Waals surface area contributed by atoms with E-state index in [0.29, 0.717) is 11.1 Å². The second-order valence-corrected chi connectivity index (χ2v) is 10.2. The van der Waals surface area contributed by atoms with Crippen LogP contribution in [0.2, 0.25) is 0 Å². The lowest BCUT2D eigenvalue weighted by atomic mass is 9.63. The fourth-order valence-electron chi connectivity index (χ4n) is 4.74. The van der Waals surface area contributed by atoms with E-state index < -0.39 is 11.7 Å². The molecule has 1 aliphatic rings. The summed E-state index contributed by atoms with van der Waals surface area (Å²) in [7, 11) is 0. The van der Waals surface area contributed by atoms with E-state index in [1.54, 1.807) is 12.1 Å². The van der Waals surface area contributed by atoms with E-state index >= 15 is 0 Å². The second kappa shape index (κ2) is 7.77. The van der Waals surface area contributed by atoms with Crippen LogP contribution in [-0.4, -0.2) is 11.7 Å². The van der Waals surface area contributed by atoms with Crippen molar-refractivity contribution in [3.8, 4) is 0 Å². The average molecular weight is 439 g/mol. The lowest BCUT2D eigenvalue weighted by Crippen LogP contribution is -2.33. The summed E-state index contributed by atoms with van der Waals surface area (Å²) >= 11 is 0. The minimum absolute atomic E-state index is 0.0964. The van der Waals surface area contributed by atoms with E-state index in [1.165, 1.54) is 17.2 Å². The predicted molar refractivity (Wildman–Crippen MR) is 126 cm³/mol. The van der Waals surface area contributed by atoms with E-state index in [-0.39, 0.29) is 17.4 Å². The Morgan fingerprint density at radius 3 is 2.09 bits per heavy atom. The van der Waals surface area contributed by atoms with Crippen molar-refractivity contribution in [3.05, 3.63) is 82.4 Å². The molecule has 1 N–H and O–H groups in total. The fourth-order valence-corrected chi connectivity index (χ4v) is 4.74. The van der Waals surface area contributed by atoms with Crippen LogP contribution in [0.1, 0.15) is 68.4 Å². The number of aliphatic hydroxyl groups excluding tert-OH is 1. The zero-order valence-electron chi connectivity index (χ0n) is 19.0. The summed E-state index contributed by atoms with van der Waals surface area (Å²) < 4.78 is 39.3. The molecule has 0 bridgehead atoms. The van der Waals surface area contributed by atoms with Gasteiger partial charge in [0, 0.05) is 0 Å². The van der Waals surface area contributed by atoms with Crippen molar-refractivity contribution in [3.63, 3.8) is 0 Å². The molecule has 1 nitrogen and oxygen atoms in total. The Labute approximate surface area is 187 Å². The quantitative estimate of drug-likeness (QED) is 0.415. The molecule has 0 fully saturated rings. The minimum atomic E-state index is -4.42. The van der Waals surface area contributed by atoms with Crippen LogP contribution in [0.15, 0.2) is 54.6 Å². The fraction of sp³-hybridized carbons (Fsp3) is 0.357. The summed E-state index contributed by atoms with van der Waals surface area (Å²) in [6, 6.07) is 15.7. The van der Waals surface area contributed by atoms with Gasteiger partial charge in [0.25, 0.3) is 0 Å². The van der Waals surface area contributed by atoms with Gasteiger partial charge in [-0.1, -0.05) is 64.1 Å². The summed E-state index contributed by atoms with van der Waals surface area (Å²) in [5.41, 5.74) is 3.94. The number of rotatable bonds is 3. The molecule has 0 aliphatic heterocycles. The summed E-state index contributed by atoms with van der Waals surface area (Å²) in [5, 5.41) is 12.1. The summed E-state index contributed by atoms with van der Waals surface area (Å²) in [6.45, 7) is 8.83. The molecule has 0 saturated carbocycles. The maximum absolute atomic E-state index is 13.1. The molecule has 1 aliphatic carbocycles. The zero-order valence-corrected chi connectivity index (χ0v) is 19.0. The van der Waals surface area contributed by atoms with E-state index in [2.05, 4.69) is 52.0 Å². The van der Waals surface area contributed by atoms with E-state index in [9.17, 15) is 18.3 Å². The number of aliphatic hydroxyl groups is 1. The Morgan fingerprint density at radius 2 is 1.50 bits per heavy atom. The Bertz CT molecular complexity index is 1200. The minimum Gasteiger partial charge on any atom is -0.392 e. The molecule has 0 amide bonds. The van der Waals surface area contributed by atoms with Gasteiger partial charge in [0.15, 0.2) is 0 Å². The van der Waals surface area contributed by atoms with Crippen molar-refractivity contribution in [2.45, 2.75) is 57.5 Å². The van der Waals surface area contributed by atoms with Crippen molar-refractivity contribution < 1.29 is 18.3 Å². The Morgan fingerprint density at radius 1 is 0.875 bits per heavy atom. The van der Waals surface area contributed by atoms with Crippen LogP contribution in [0, 0.1) is 0 Å². The van der Waals surface area contributed by atoms with Crippen molar-refractivity contribution in [2.75, 3.05) is 6.61 Å². The Hall–Kier alpha value is -2.59. The lowest BCUT2D eigenvalue weighted by Gasteiger charge is -2.42. The molecular weight excluding hydrogens is 409 g/mol. The lowest BCUT2D eigenvalue weighted by molar-refractivity contribution is -0.137. The second-order valence-electron chi connectivity index (χ2n) is 10.2. The number of halogens is 3. The number of fused-ring (bicyclic) bond motifs is 2. The standard InChI is InChI=1S/C28H29F3O/c1-26(2)10-11-27(3,4)25-16-21-12-18(8-9-20(21)15-24(25)26)13-22(17-32)19-6-5-7-23(14-19)28(29,30)31/h5-9,12-16,32H,10-11,17H2,1-4H3/b22-13+. The molecule has 168 valence electrons. The third-order valence-corrected chi connectivity index (χ3v) is 6.91. The smallest absolute Gasteiger partial charge is 0.392 e. The van der Waals surface area contributed by atoms with Gasteiger partial charge in [-0.3, -0.25) is 0 Å². The van der Waals surface area contributed by atoms with Gasteiger partial charge in [-0.05, 0) is 86.5 Å². The molecular formula is C28H29F3O. The van der Waals surface area contributed by atoms with E-state index in [0.717, 1.165) is 41.3 Å². The number of hydrogen-bond donors (Lipinski definition) is 1. The van der Waals surface area contributed by atoms with Gasteiger partial charge < -0.3 is 5.11 Å². The van der Waals surface area contributed by atoms with Crippen molar-refractivity contribution in [1.29, 1.82) is 0 Å². The van der Waals surface area contributed by atoms with Crippen LogP contribution >= 0.6 is 0 Å². The Balaban J connectivity index is 1.79. The van der Waals surface area contributed by atoms with Gasteiger partial charge in [0.05, 0.1) is 12.2 Å². The van der Waals surface area contributed by atoms with Gasteiger partial charge in [0.2, 0.25) is 0 Å². The molecule has 0 heterocycles. The SMILES string of the molecule is CC1(C)CCC(C)(C)c2cc3cc(/C=C(\CO)c4cccc(C(F)(F)F)c4)ccc3cc21. The molecule has 32 heavy (non-hydrogen) atoms. The highest BCUT2D eigenvalue weighted by molar-refractivity contribution is 5.90. The van der Waals surface area contributed by atoms with Gasteiger partial charge >= 0.3 is 6.18 Å². The highest BCUT2D eigenvalue weighted by atomic mass is 19.4. The number of benzene rings is 3. The maximum atomic E-state index is 13.1. The van der Waals surface area contributed by atoms with Crippen molar-refractivity contribution in [2.24, 2.45) is 0 Å². The highest BCUT2D eigenvalue weighted by Crippen LogP contribution is 2.47. The normalized spacial score (nSPS) is 17.9. The maximum Gasteiger partial charge on any atom is 0.416 e. The van der Waals surface area contributed by atoms with Crippen molar-refractivity contribution >= 4 is 22.4 Å². The molecule has 4 heteroatoms. The van der Waals surface area contributed by atoms with Crippen LogP contribution in [0.4, 0.5) is 13.2 Å². The third-order valence-electron chi connectivity index (χ3n) is 6.91. The van der Waals surface area contributed by atoms with Crippen molar-refractivity contribution in [1.82, 2.24) is 0 Å². The van der Waals surface area contributed by atoms with E-state index in [1.807, 2.05) is 6.07 Å². The average Bonchev–Trinajstić information content (AvgIpc) is 2.74. The van der Waals surface area contributed by atoms with E-state index in [4.69, 9.17) is 0 Å². The van der Waals surface area contributed by atoms with Gasteiger partial charge in [-0.15, -0.1) is 0 Å². The molecule has 0 unspecified atom stereocenters. The topological polar surface area (TPSA) is 20.2 Å². The first-order valence-electron chi connectivity index (χ1n) is 11.0. The first-order valence-corrected chi connectivity index (χ1v) is 11.0. The highest BCUT2D eigenvalue weighted by Gasteiger charge is 2.37. The summed E-state index contributed by atoms with van der Waals surface area (Å²) in [5.74, 6) is 0. The van der Waals surface area contributed by atoms with Gasteiger partial charge in [0.1, 0.15) is 0 Å². The molecule has 0 atom stereocenters. The van der Waals surface area contributed by atoms with Gasteiger partial charge in [-0.2, -0.15) is 13.2 Å². The number of hydrogen-bond acceptors (Lipinski definition) is 1. The van der Waals surface area contributed by atoms with Crippen LogP contribution in [0.25, 0.3) is 22.4 Å². The third kappa shape index (κ3) is 4.21. The monoisotopic (exact) mass is 438 g/mol. The van der Waals surface area contributed by atoms with Crippen LogP contribution in [-0.2, 0) is 17.0 Å². The molecule has 0 radical (unpaired) electrons. The zero-order chi connectivity index (χ0) is 23.3. The molecule has 0 saturated heterocycles. The molecule has 4 rings (SSSR count). The predicted octanol–water partition coefficient (Wildman–Crippen LogP) is 7.74. The van der Waals surface area contributed by atoms with Crippen LogP contribution in [0.5, 0.6) is 0 Å². The molecule has 3 aromatic rings. The van der Waals surface area contributed by atoms with Crippen LogP contribution in [0.3, 0.4) is 0 Å².